The van der Waals surface area contributed by atoms with E-state index < -0.39 is 0 Å². The van der Waals surface area contributed by atoms with Crippen LogP contribution >= 0.6 is 0 Å². The summed E-state index contributed by atoms with van der Waals surface area (Å²) in [6, 6.07) is 7.74. The van der Waals surface area contributed by atoms with Crippen LogP contribution in [0.3, 0.4) is 0 Å². The molecule has 1 aliphatic rings. The summed E-state index contributed by atoms with van der Waals surface area (Å²) in [6.45, 7) is 4.33. The summed E-state index contributed by atoms with van der Waals surface area (Å²) in [5.41, 5.74) is 7.62. The molecular weight excluding hydrogens is 252 g/mol. The second kappa shape index (κ2) is 7.29. The molecule has 1 aromatic rings. The zero-order valence-electron chi connectivity index (χ0n) is 12.2. The Labute approximate surface area is 120 Å². The van der Waals surface area contributed by atoms with E-state index in [9.17, 15) is 4.79 Å². The minimum Gasteiger partial charge on any atom is -0.399 e. The van der Waals surface area contributed by atoms with Crippen LogP contribution in [0.5, 0.6) is 0 Å². The molecule has 110 valence electrons. The molecule has 1 amide bonds. The molecule has 0 spiro atoms. The lowest BCUT2D eigenvalue weighted by molar-refractivity contribution is -0.132. The van der Waals surface area contributed by atoms with Crippen molar-refractivity contribution in [1.82, 2.24) is 4.90 Å². The van der Waals surface area contributed by atoms with Gasteiger partial charge in [0.2, 0.25) is 5.91 Å². The van der Waals surface area contributed by atoms with Crippen molar-refractivity contribution < 1.29 is 9.53 Å². The fourth-order valence-electron chi connectivity index (χ4n) is 2.60. The van der Waals surface area contributed by atoms with Crippen molar-refractivity contribution in [1.29, 1.82) is 0 Å². The maximum Gasteiger partial charge on any atom is 0.222 e. The molecule has 1 saturated heterocycles. The highest BCUT2D eigenvalue weighted by Crippen LogP contribution is 2.15. The number of ether oxygens (including phenoxy) is 1. The van der Waals surface area contributed by atoms with E-state index in [1.807, 2.05) is 36.1 Å². The van der Waals surface area contributed by atoms with Crippen LogP contribution in [0.1, 0.15) is 31.7 Å². The van der Waals surface area contributed by atoms with Gasteiger partial charge in [-0.3, -0.25) is 4.79 Å². The predicted octanol–water partition coefficient (Wildman–Crippen LogP) is 2.23. The minimum absolute atomic E-state index is 0.199. The molecule has 1 aliphatic heterocycles. The van der Waals surface area contributed by atoms with Gasteiger partial charge in [0.25, 0.3) is 0 Å². The van der Waals surface area contributed by atoms with E-state index in [1.165, 1.54) is 0 Å². The number of nitrogen functional groups attached to an aromatic ring is 1. The summed E-state index contributed by atoms with van der Waals surface area (Å²) in [7, 11) is 0. The van der Waals surface area contributed by atoms with E-state index in [4.69, 9.17) is 10.5 Å². The van der Waals surface area contributed by atoms with Gasteiger partial charge in [0.1, 0.15) is 0 Å². The summed E-state index contributed by atoms with van der Waals surface area (Å²) in [5, 5.41) is 0. The van der Waals surface area contributed by atoms with Crippen molar-refractivity contribution in [2.45, 2.75) is 38.7 Å². The van der Waals surface area contributed by atoms with E-state index in [-0.39, 0.29) is 12.0 Å². The molecule has 2 rings (SSSR count). The summed E-state index contributed by atoms with van der Waals surface area (Å²) < 4.78 is 5.60. The molecule has 1 aromatic carbocycles. The van der Waals surface area contributed by atoms with Gasteiger partial charge < -0.3 is 15.4 Å². The van der Waals surface area contributed by atoms with Crippen LogP contribution in [-0.2, 0) is 16.0 Å². The Morgan fingerprint density at radius 2 is 2.35 bits per heavy atom. The Kier molecular flexibility index (Phi) is 5.41. The van der Waals surface area contributed by atoms with Crippen LogP contribution in [0, 0.1) is 0 Å². The number of aryl methyl sites for hydroxylation is 1. The first-order valence-corrected chi connectivity index (χ1v) is 7.43. The second-order valence-electron chi connectivity index (χ2n) is 5.31. The first kappa shape index (κ1) is 14.9. The molecule has 0 bridgehead atoms. The average molecular weight is 276 g/mol. The Hall–Kier alpha value is -1.55. The van der Waals surface area contributed by atoms with Gasteiger partial charge >= 0.3 is 0 Å². The van der Waals surface area contributed by atoms with Crippen molar-refractivity contribution in [2.75, 3.05) is 25.4 Å². The van der Waals surface area contributed by atoms with E-state index in [0.717, 1.165) is 50.2 Å². The Bertz CT molecular complexity index is 442. The Morgan fingerprint density at radius 3 is 3.00 bits per heavy atom. The summed E-state index contributed by atoms with van der Waals surface area (Å²) in [6.07, 6.45) is 3.68. The highest BCUT2D eigenvalue weighted by Gasteiger charge is 2.21. The van der Waals surface area contributed by atoms with E-state index >= 15 is 0 Å². The molecule has 1 fully saturated rings. The molecule has 1 atom stereocenters. The lowest BCUT2D eigenvalue weighted by atomic mass is 10.1. The molecule has 20 heavy (non-hydrogen) atoms. The van der Waals surface area contributed by atoms with Gasteiger partial charge in [-0.2, -0.15) is 0 Å². The van der Waals surface area contributed by atoms with Gasteiger partial charge in [0, 0.05) is 31.8 Å². The number of anilines is 1. The molecule has 0 saturated carbocycles. The molecular formula is C16H24N2O2. The third kappa shape index (κ3) is 4.23. The Morgan fingerprint density at radius 1 is 1.50 bits per heavy atom. The number of likely N-dealkylation sites (N-methyl/N-ethyl adjacent to an activating group) is 1. The molecule has 2 N–H and O–H groups in total. The largest absolute Gasteiger partial charge is 0.399 e. The minimum atomic E-state index is 0.199. The average Bonchev–Trinajstić information content (AvgIpc) is 2.95. The molecule has 0 aromatic heterocycles. The van der Waals surface area contributed by atoms with Crippen LogP contribution in [0.4, 0.5) is 5.69 Å². The summed E-state index contributed by atoms with van der Waals surface area (Å²) in [4.78, 5) is 14.2. The van der Waals surface area contributed by atoms with Gasteiger partial charge in [-0.15, -0.1) is 0 Å². The van der Waals surface area contributed by atoms with Crippen LogP contribution in [0.15, 0.2) is 24.3 Å². The first-order valence-electron chi connectivity index (χ1n) is 7.43. The normalized spacial score (nSPS) is 18.1. The van der Waals surface area contributed by atoms with Crippen molar-refractivity contribution in [3.63, 3.8) is 0 Å². The van der Waals surface area contributed by atoms with Crippen LogP contribution in [0.2, 0.25) is 0 Å². The summed E-state index contributed by atoms with van der Waals surface area (Å²) >= 11 is 0. The van der Waals surface area contributed by atoms with Gasteiger partial charge in [0.05, 0.1) is 6.10 Å². The zero-order chi connectivity index (χ0) is 14.4. The van der Waals surface area contributed by atoms with Gasteiger partial charge in [-0.05, 0) is 43.9 Å². The number of nitrogens with zero attached hydrogens (tertiary/aromatic N) is 1. The molecule has 4 heteroatoms. The smallest absolute Gasteiger partial charge is 0.222 e. The van der Waals surface area contributed by atoms with Gasteiger partial charge in [-0.25, -0.2) is 0 Å². The fourth-order valence-corrected chi connectivity index (χ4v) is 2.60. The maximum absolute atomic E-state index is 12.3. The van der Waals surface area contributed by atoms with Crippen molar-refractivity contribution in [2.24, 2.45) is 0 Å². The number of hydrogen-bond acceptors (Lipinski definition) is 3. The summed E-state index contributed by atoms with van der Waals surface area (Å²) in [5.74, 6) is 0.199. The number of amides is 1. The van der Waals surface area contributed by atoms with Crippen molar-refractivity contribution in [3.8, 4) is 0 Å². The monoisotopic (exact) mass is 276 g/mol. The van der Waals surface area contributed by atoms with E-state index in [2.05, 4.69) is 0 Å². The maximum atomic E-state index is 12.3. The zero-order valence-corrected chi connectivity index (χ0v) is 12.2. The molecule has 4 nitrogen and oxygen atoms in total. The van der Waals surface area contributed by atoms with Gasteiger partial charge in [-0.1, -0.05) is 12.1 Å². The number of carbonyl (C=O) groups excluding carboxylic acids is 1. The quantitative estimate of drug-likeness (QED) is 0.811. The molecule has 0 aliphatic carbocycles. The highest BCUT2D eigenvalue weighted by atomic mass is 16.5. The van der Waals surface area contributed by atoms with Crippen molar-refractivity contribution >= 4 is 11.6 Å². The lowest BCUT2D eigenvalue weighted by Gasteiger charge is -2.24. The molecule has 1 unspecified atom stereocenters. The highest BCUT2D eigenvalue weighted by molar-refractivity contribution is 5.76. The van der Waals surface area contributed by atoms with E-state index in [1.54, 1.807) is 0 Å². The number of nitrogens with two attached hydrogens (primary N) is 1. The molecule has 0 radical (unpaired) electrons. The lowest BCUT2D eigenvalue weighted by Crippen LogP contribution is -2.37. The standard InChI is InChI=1S/C16H24N2O2/c1-2-18(12-15-7-4-10-20-15)16(19)9-8-13-5-3-6-14(17)11-13/h3,5-6,11,15H,2,4,7-10,12,17H2,1H3. The number of rotatable bonds is 6. The number of benzene rings is 1. The SMILES string of the molecule is CCN(CC1CCCO1)C(=O)CCc1cccc(N)c1. The third-order valence-electron chi connectivity index (χ3n) is 3.76. The van der Waals surface area contributed by atoms with Gasteiger partial charge in [0.15, 0.2) is 0 Å². The first-order chi connectivity index (χ1) is 9.69. The second-order valence-corrected chi connectivity index (χ2v) is 5.31. The van der Waals surface area contributed by atoms with E-state index in [0.29, 0.717) is 6.42 Å². The predicted molar refractivity (Wildman–Crippen MR) is 80.4 cm³/mol. The van der Waals surface area contributed by atoms with Crippen LogP contribution in [-0.4, -0.2) is 36.6 Å². The van der Waals surface area contributed by atoms with Crippen LogP contribution in [0.25, 0.3) is 0 Å². The topological polar surface area (TPSA) is 55.6 Å². The third-order valence-corrected chi connectivity index (χ3v) is 3.76. The van der Waals surface area contributed by atoms with Crippen molar-refractivity contribution in [3.05, 3.63) is 29.8 Å². The number of carbonyl (C=O) groups is 1. The molecule has 1 heterocycles. The number of hydrogen-bond donors (Lipinski definition) is 1. The fraction of sp³-hybridized carbons (Fsp3) is 0.562. The van der Waals surface area contributed by atoms with Crippen LogP contribution < -0.4 is 5.73 Å². The Balaban J connectivity index is 1.82.